The predicted molar refractivity (Wildman–Crippen MR) is 73.0 cm³/mol. The average Bonchev–Trinajstić information content (AvgIpc) is 2.76. The topological polar surface area (TPSA) is 42.3 Å². The van der Waals surface area contributed by atoms with Gasteiger partial charge >= 0.3 is 0 Å². The van der Waals surface area contributed by atoms with Crippen molar-refractivity contribution in [2.24, 2.45) is 0 Å². The Morgan fingerprint density at radius 2 is 2.11 bits per heavy atom. The van der Waals surface area contributed by atoms with Gasteiger partial charge in [-0.05, 0) is 20.3 Å². The maximum absolute atomic E-state index is 5.10. The number of ether oxygens (including phenoxy) is 1. The fourth-order valence-corrected chi connectivity index (χ4v) is 2.63. The first-order chi connectivity index (χ1) is 8.70. The number of nitrogens with one attached hydrogen (secondary N) is 1. The third-order valence-corrected chi connectivity index (χ3v) is 3.28. The summed E-state index contributed by atoms with van der Waals surface area (Å²) >= 11 is 0. The van der Waals surface area contributed by atoms with Crippen molar-refractivity contribution >= 4 is 5.95 Å². The van der Waals surface area contributed by atoms with Gasteiger partial charge in [0.1, 0.15) is 0 Å². The quantitative estimate of drug-likeness (QED) is 0.797. The van der Waals surface area contributed by atoms with Crippen molar-refractivity contribution in [2.75, 3.05) is 31.7 Å². The Hall–Kier alpha value is -1.07. The Balaban J connectivity index is 2.01. The molecule has 1 aliphatic heterocycles. The minimum absolute atomic E-state index is 0.512. The normalized spacial score (nSPS) is 24.5. The molecule has 1 aliphatic rings. The van der Waals surface area contributed by atoms with E-state index >= 15 is 0 Å². The van der Waals surface area contributed by atoms with Crippen LogP contribution in [0.1, 0.15) is 20.3 Å². The number of rotatable bonds is 5. The molecular weight excluding hydrogens is 228 g/mol. The van der Waals surface area contributed by atoms with Crippen molar-refractivity contribution in [3.63, 3.8) is 0 Å². The van der Waals surface area contributed by atoms with Gasteiger partial charge in [-0.2, -0.15) is 0 Å². The molecule has 0 radical (unpaired) electrons. The van der Waals surface area contributed by atoms with Gasteiger partial charge in [0.25, 0.3) is 0 Å². The lowest BCUT2D eigenvalue weighted by Gasteiger charge is -2.37. The van der Waals surface area contributed by atoms with Crippen LogP contribution in [0.2, 0.25) is 0 Å². The molecule has 5 nitrogen and oxygen atoms in total. The van der Waals surface area contributed by atoms with Crippen LogP contribution in [0.5, 0.6) is 0 Å². The van der Waals surface area contributed by atoms with E-state index in [0.717, 1.165) is 38.6 Å². The third kappa shape index (κ3) is 3.23. The van der Waals surface area contributed by atoms with Crippen molar-refractivity contribution in [1.29, 1.82) is 0 Å². The molecule has 0 bridgehead atoms. The zero-order chi connectivity index (χ0) is 13.0. The van der Waals surface area contributed by atoms with E-state index in [1.807, 2.05) is 6.20 Å². The largest absolute Gasteiger partial charge is 0.385 e. The smallest absolute Gasteiger partial charge is 0.205 e. The fraction of sp³-hybridized carbons (Fsp3) is 0.769. The van der Waals surface area contributed by atoms with Crippen LogP contribution in [0.3, 0.4) is 0 Å². The van der Waals surface area contributed by atoms with Crippen molar-refractivity contribution in [2.45, 2.75) is 38.9 Å². The molecule has 1 fully saturated rings. The summed E-state index contributed by atoms with van der Waals surface area (Å²) in [5.41, 5.74) is 0. The van der Waals surface area contributed by atoms with Gasteiger partial charge < -0.3 is 19.5 Å². The molecule has 1 N–H and O–H groups in total. The number of imidazole rings is 1. The third-order valence-electron chi connectivity index (χ3n) is 3.28. The van der Waals surface area contributed by atoms with Crippen molar-refractivity contribution in [3.8, 4) is 0 Å². The van der Waals surface area contributed by atoms with Crippen LogP contribution >= 0.6 is 0 Å². The molecule has 102 valence electrons. The molecule has 2 rings (SSSR count). The van der Waals surface area contributed by atoms with E-state index in [-0.39, 0.29) is 0 Å². The molecule has 0 aromatic carbocycles. The number of aromatic nitrogens is 2. The Bertz CT molecular complexity index is 356. The highest BCUT2D eigenvalue weighted by molar-refractivity contribution is 5.33. The number of anilines is 1. The van der Waals surface area contributed by atoms with E-state index in [4.69, 9.17) is 4.74 Å². The van der Waals surface area contributed by atoms with Gasteiger partial charge in [-0.1, -0.05) is 0 Å². The second-order valence-electron chi connectivity index (χ2n) is 5.14. The zero-order valence-electron chi connectivity index (χ0n) is 11.6. The van der Waals surface area contributed by atoms with E-state index in [9.17, 15) is 0 Å². The summed E-state index contributed by atoms with van der Waals surface area (Å²) in [7, 11) is 1.74. The summed E-state index contributed by atoms with van der Waals surface area (Å²) in [5.74, 6) is 1.09. The lowest BCUT2D eigenvalue weighted by atomic mass is 10.1. The van der Waals surface area contributed by atoms with Crippen molar-refractivity contribution < 1.29 is 4.74 Å². The second-order valence-corrected chi connectivity index (χ2v) is 5.14. The molecule has 2 atom stereocenters. The molecule has 0 saturated carbocycles. The van der Waals surface area contributed by atoms with Crippen LogP contribution in [-0.4, -0.2) is 48.4 Å². The lowest BCUT2D eigenvalue weighted by Crippen LogP contribution is -2.55. The summed E-state index contributed by atoms with van der Waals surface area (Å²) in [4.78, 5) is 6.88. The van der Waals surface area contributed by atoms with Crippen LogP contribution < -0.4 is 10.2 Å². The van der Waals surface area contributed by atoms with Gasteiger partial charge in [-0.15, -0.1) is 0 Å². The Labute approximate surface area is 109 Å². The van der Waals surface area contributed by atoms with E-state index in [1.165, 1.54) is 0 Å². The van der Waals surface area contributed by atoms with Gasteiger partial charge in [0, 0.05) is 57.8 Å². The van der Waals surface area contributed by atoms with E-state index in [0.29, 0.717) is 12.1 Å². The fourth-order valence-electron chi connectivity index (χ4n) is 2.63. The van der Waals surface area contributed by atoms with Gasteiger partial charge in [-0.25, -0.2) is 4.98 Å². The summed E-state index contributed by atoms with van der Waals surface area (Å²) < 4.78 is 7.33. The van der Waals surface area contributed by atoms with Gasteiger partial charge in [0.2, 0.25) is 5.95 Å². The van der Waals surface area contributed by atoms with Gasteiger partial charge in [0.05, 0.1) is 0 Å². The monoisotopic (exact) mass is 252 g/mol. The zero-order valence-corrected chi connectivity index (χ0v) is 11.6. The number of nitrogens with zero attached hydrogens (tertiary/aromatic N) is 3. The molecule has 1 aromatic rings. The molecule has 0 aliphatic carbocycles. The number of hydrogen-bond acceptors (Lipinski definition) is 4. The van der Waals surface area contributed by atoms with E-state index in [1.54, 1.807) is 7.11 Å². The Kier molecular flexibility index (Phi) is 4.60. The maximum Gasteiger partial charge on any atom is 0.205 e. The Morgan fingerprint density at radius 1 is 1.39 bits per heavy atom. The highest BCUT2D eigenvalue weighted by atomic mass is 16.5. The average molecular weight is 252 g/mol. The minimum Gasteiger partial charge on any atom is -0.385 e. The first-order valence-electron chi connectivity index (χ1n) is 6.71. The molecule has 2 heterocycles. The van der Waals surface area contributed by atoms with E-state index in [2.05, 4.69) is 39.8 Å². The number of piperazine rings is 1. The summed E-state index contributed by atoms with van der Waals surface area (Å²) in [6.45, 7) is 8.25. The van der Waals surface area contributed by atoms with Crippen LogP contribution in [0.25, 0.3) is 0 Å². The molecule has 0 amide bonds. The summed E-state index contributed by atoms with van der Waals surface area (Å²) in [6.07, 6.45) is 4.97. The summed E-state index contributed by atoms with van der Waals surface area (Å²) in [5, 5.41) is 3.54. The van der Waals surface area contributed by atoms with E-state index < -0.39 is 0 Å². The van der Waals surface area contributed by atoms with Gasteiger partial charge in [-0.3, -0.25) is 0 Å². The molecule has 1 saturated heterocycles. The maximum atomic E-state index is 5.10. The van der Waals surface area contributed by atoms with Crippen LogP contribution in [0.15, 0.2) is 12.4 Å². The van der Waals surface area contributed by atoms with Crippen LogP contribution in [-0.2, 0) is 11.3 Å². The summed E-state index contributed by atoms with van der Waals surface area (Å²) in [6, 6.07) is 1.02. The van der Waals surface area contributed by atoms with Crippen LogP contribution in [0, 0.1) is 0 Å². The first kappa shape index (κ1) is 13.4. The molecule has 1 aromatic heterocycles. The SMILES string of the molecule is COCCCn1ccnc1N1CC(C)NC(C)C1. The Morgan fingerprint density at radius 3 is 2.78 bits per heavy atom. The molecule has 2 unspecified atom stereocenters. The number of hydrogen-bond donors (Lipinski definition) is 1. The lowest BCUT2D eigenvalue weighted by molar-refractivity contribution is 0.190. The number of methoxy groups -OCH3 is 1. The molecule has 5 heteroatoms. The first-order valence-corrected chi connectivity index (χ1v) is 6.71. The standard InChI is InChI=1S/C13H24N4O/c1-11-9-17(10-12(2)15-11)13-14-5-7-16(13)6-4-8-18-3/h5,7,11-12,15H,4,6,8-10H2,1-3H3. The molecule has 0 spiro atoms. The van der Waals surface area contributed by atoms with Crippen molar-refractivity contribution in [1.82, 2.24) is 14.9 Å². The van der Waals surface area contributed by atoms with Gasteiger partial charge in [0.15, 0.2) is 0 Å². The minimum atomic E-state index is 0.512. The second kappa shape index (κ2) is 6.20. The predicted octanol–water partition coefficient (Wildman–Crippen LogP) is 1.11. The molecule has 18 heavy (non-hydrogen) atoms. The molecular formula is C13H24N4O. The highest BCUT2D eigenvalue weighted by Gasteiger charge is 2.23. The van der Waals surface area contributed by atoms with Crippen LogP contribution in [0.4, 0.5) is 5.95 Å². The highest BCUT2D eigenvalue weighted by Crippen LogP contribution is 2.16. The van der Waals surface area contributed by atoms with Crippen molar-refractivity contribution in [3.05, 3.63) is 12.4 Å². The number of aryl methyl sites for hydroxylation is 1.